The monoisotopic (exact) mass is 419 g/mol. The standard InChI is InChI=1S/C15H13ClF3N5O4/c1-3-28-14(27)10-8-9(21-22-10)13(26)24(12(8)25)23(2)11-7(16)4-6(5-20-11)15(17,18)19/h4-5,8-9,21H,3H2,1-2H3/t8-,9-/m1/s1. The van der Waals surface area contributed by atoms with E-state index in [2.05, 4.69) is 15.5 Å². The molecule has 0 unspecified atom stereocenters. The molecule has 13 heteroatoms. The smallest absolute Gasteiger partial charge is 0.417 e. The number of hydrazone groups is 1. The number of hydrogen-bond donors (Lipinski definition) is 1. The van der Waals surface area contributed by atoms with Crippen LogP contribution in [0, 0.1) is 5.92 Å². The van der Waals surface area contributed by atoms with E-state index in [9.17, 15) is 27.6 Å². The van der Waals surface area contributed by atoms with Crippen molar-refractivity contribution in [3.8, 4) is 0 Å². The van der Waals surface area contributed by atoms with Gasteiger partial charge in [-0.3, -0.25) is 20.0 Å². The van der Waals surface area contributed by atoms with Gasteiger partial charge in [-0.05, 0) is 13.0 Å². The van der Waals surface area contributed by atoms with E-state index in [1.165, 1.54) is 7.05 Å². The molecular formula is C15H13ClF3N5O4. The molecule has 1 aromatic rings. The molecule has 2 aliphatic heterocycles. The Bertz CT molecular complexity index is 891. The quantitative estimate of drug-likeness (QED) is 0.573. The number of alkyl halides is 3. The molecule has 0 saturated carbocycles. The van der Waals surface area contributed by atoms with Crippen LogP contribution in [0.3, 0.4) is 0 Å². The van der Waals surface area contributed by atoms with E-state index in [1.807, 2.05) is 0 Å². The predicted octanol–water partition coefficient (Wildman–Crippen LogP) is 0.981. The minimum Gasteiger partial charge on any atom is -0.461 e. The number of ether oxygens (including phenoxy) is 1. The van der Waals surface area contributed by atoms with Crippen LogP contribution in [0.1, 0.15) is 12.5 Å². The van der Waals surface area contributed by atoms with Gasteiger partial charge in [-0.2, -0.15) is 23.3 Å². The molecule has 0 aliphatic carbocycles. The van der Waals surface area contributed by atoms with E-state index in [1.54, 1.807) is 6.92 Å². The van der Waals surface area contributed by atoms with Gasteiger partial charge in [0.15, 0.2) is 11.5 Å². The first-order valence-corrected chi connectivity index (χ1v) is 8.30. The number of imide groups is 1. The van der Waals surface area contributed by atoms with Crippen molar-refractivity contribution in [3.05, 3.63) is 22.8 Å². The summed E-state index contributed by atoms with van der Waals surface area (Å²) in [7, 11) is 1.24. The summed E-state index contributed by atoms with van der Waals surface area (Å²) >= 11 is 5.88. The highest BCUT2D eigenvalue weighted by atomic mass is 35.5. The number of pyridine rings is 1. The molecule has 0 radical (unpaired) electrons. The van der Waals surface area contributed by atoms with Crippen molar-refractivity contribution >= 4 is 40.9 Å². The van der Waals surface area contributed by atoms with Crippen molar-refractivity contribution < 1.29 is 32.3 Å². The highest BCUT2D eigenvalue weighted by Gasteiger charge is 2.57. The molecule has 150 valence electrons. The van der Waals surface area contributed by atoms with E-state index in [0.29, 0.717) is 17.3 Å². The number of aromatic nitrogens is 1. The third kappa shape index (κ3) is 3.13. The minimum absolute atomic E-state index is 0.0477. The molecule has 2 atom stereocenters. The molecule has 0 aromatic carbocycles. The molecular weight excluding hydrogens is 407 g/mol. The largest absolute Gasteiger partial charge is 0.461 e. The number of nitrogens with zero attached hydrogens (tertiary/aromatic N) is 4. The number of nitrogens with one attached hydrogen (secondary N) is 1. The van der Waals surface area contributed by atoms with Crippen LogP contribution in [0.15, 0.2) is 17.4 Å². The Morgan fingerprint density at radius 3 is 2.64 bits per heavy atom. The van der Waals surface area contributed by atoms with Gasteiger partial charge >= 0.3 is 12.1 Å². The maximum absolute atomic E-state index is 12.8. The number of carbonyl (C=O) groups is 3. The maximum atomic E-state index is 12.8. The summed E-state index contributed by atoms with van der Waals surface area (Å²) in [6.45, 7) is 1.62. The first-order chi connectivity index (χ1) is 13.1. The van der Waals surface area contributed by atoms with Gasteiger partial charge in [-0.15, -0.1) is 0 Å². The molecule has 2 amide bonds. The second-order valence-corrected chi connectivity index (χ2v) is 6.25. The second-order valence-electron chi connectivity index (χ2n) is 5.84. The molecule has 2 aliphatic rings. The van der Waals surface area contributed by atoms with E-state index in [-0.39, 0.29) is 18.1 Å². The number of halogens is 4. The van der Waals surface area contributed by atoms with Crippen LogP contribution in [-0.4, -0.2) is 53.2 Å². The number of rotatable bonds is 4. The number of hydrogen-bond acceptors (Lipinski definition) is 8. The van der Waals surface area contributed by atoms with Gasteiger partial charge in [0.2, 0.25) is 0 Å². The lowest BCUT2D eigenvalue weighted by atomic mass is 9.99. The van der Waals surface area contributed by atoms with E-state index in [4.69, 9.17) is 16.3 Å². The Morgan fingerprint density at radius 1 is 1.39 bits per heavy atom. The number of carbonyl (C=O) groups excluding carboxylic acids is 3. The minimum atomic E-state index is -4.65. The van der Waals surface area contributed by atoms with Gasteiger partial charge in [0, 0.05) is 13.2 Å². The third-order valence-electron chi connectivity index (χ3n) is 4.14. The molecule has 0 spiro atoms. The Kier molecular flexibility index (Phi) is 4.91. The topological polar surface area (TPSA) is 104 Å². The summed E-state index contributed by atoms with van der Waals surface area (Å²) in [5.41, 5.74) is 1.08. The van der Waals surface area contributed by atoms with Crippen LogP contribution in [0.5, 0.6) is 0 Å². The Balaban J connectivity index is 1.89. The molecule has 1 aromatic heterocycles. The van der Waals surface area contributed by atoms with Crippen LogP contribution in [0.4, 0.5) is 19.0 Å². The average molecular weight is 420 g/mol. The van der Waals surface area contributed by atoms with Crippen LogP contribution in [0.2, 0.25) is 5.02 Å². The fourth-order valence-corrected chi connectivity index (χ4v) is 3.15. The van der Waals surface area contributed by atoms with Crippen molar-refractivity contribution in [1.29, 1.82) is 0 Å². The van der Waals surface area contributed by atoms with Crippen LogP contribution >= 0.6 is 11.6 Å². The highest BCUT2D eigenvalue weighted by molar-refractivity contribution is 6.44. The normalized spacial score (nSPS) is 21.4. The summed E-state index contributed by atoms with van der Waals surface area (Å²) < 4.78 is 43.1. The molecule has 1 saturated heterocycles. The summed E-state index contributed by atoms with van der Waals surface area (Å²) in [4.78, 5) is 40.9. The third-order valence-corrected chi connectivity index (χ3v) is 4.42. The zero-order chi connectivity index (χ0) is 20.8. The zero-order valence-electron chi connectivity index (χ0n) is 14.5. The van der Waals surface area contributed by atoms with Gasteiger partial charge in [0.1, 0.15) is 12.0 Å². The number of hydrazine groups is 1. The van der Waals surface area contributed by atoms with Gasteiger partial charge in [0.05, 0.1) is 17.2 Å². The van der Waals surface area contributed by atoms with Crippen molar-refractivity contribution in [3.63, 3.8) is 0 Å². The summed E-state index contributed by atoms with van der Waals surface area (Å²) in [6.07, 6.45) is -4.12. The van der Waals surface area contributed by atoms with E-state index >= 15 is 0 Å². The molecule has 0 bridgehead atoms. The number of amides is 2. The van der Waals surface area contributed by atoms with Crippen molar-refractivity contribution in [1.82, 2.24) is 15.4 Å². The van der Waals surface area contributed by atoms with E-state index in [0.717, 1.165) is 5.01 Å². The lowest BCUT2D eigenvalue weighted by Gasteiger charge is -2.28. The lowest BCUT2D eigenvalue weighted by Crippen LogP contribution is -2.47. The molecule has 3 rings (SSSR count). The first kappa shape index (κ1) is 19.9. The summed E-state index contributed by atoms with van der Waals surface area (Å²) in [6, 6.07) is -0.502. The Labute approximate surface area is 161 Å². The number of fused-ring (bicyclic) bond motifs is 1. The highest BCUT2D eigenvalue weighted by Crippen LogP contribution is 2.35. The number of anilines is 1. The average Bonchev–Trinajstić information content (AvgIpc) is 3.14. The number of esters is 1. The predicted molar refractivity (Wildman–Crippen MR) is 89.0 cm³/mol. The van der Waals surface area contributed by atoms with E-state index < -0.39 is 46.5 Å². The first-order valence-electron chi connectivity index (χ1n) is 7.92. The summed E-state index contributed by atoms with van der Waals surface area (Å²) in [5.74, 6) is -3.89. The van der Waals surface area contributed by atoms with Crippen LogP contribution in [0.25, 0.3) is 0 Å². The van der Waals surface area contributed by atoms with Crippen molar-refractivity contribution in [2.45, 2.75) is 19.1 Å². The fourth-order valence-electron chi connectivity index (χ4n) is 2.86. The van der Waals surface area contributed by atoms with Gasteiger partial charge in [0.25, 0.3) is 11.8 Å². The molecule has 9 nitrogen and oxygen atoms in total. The van der Waals surface area contributed by atoms with Crippen LogP contribution in [-0.2, 0) is 25.3 Å². The molecule has 3 heterocycles. The summed E-state index contributed by atoms with van der Waals surface area (Å²) in [5, 5.41) is 4.86. The lowest BCUT2D eigenvalue weighted by molar-refractivity contribution is -0.141. The molecule has 1 N–H and O–H groups in total. The van der Waals surface area contributed by atoms with Crippen molar-refractivity contribution in [2.75, 3.05) is 18.7 Å². The molecule has 28 heavy (non-hydrogen) atoms. The Hall–Kier alpha value is -2.89. The van der Waals surface area contributed by atoms with Crippen LogP contribution < -0.4 is 10.4 Å². The maximum Gasteiger partial charge on any atom is 0.417 e. The zero-order valence-corrected chi connectivity index (χ0v) is 15.2. The van der Waals surface area contributed by atoms with Gasteiger partial charge in [-0.25, -0.2) is 9.78 Å². The fraction of sp³-hybridized carbons (Fsp3) is 0.400. The van der Waals surface area contributed by atoms with Gasteiger partial charge in [-0.1, -0.05) is 11.6 Å². The SMILES string of the molecule is CCOC(=O)C1=NN[C@H]2C(=O)N(N(C)c3ncc(C(F)(F)F)cc3Cl)C(=O)[C@@H]12. The molecule has 1 fully saturated rings. The van der Waals surface area contributed by atoms with Gasteiger partial charge < -0.3 is 4.74 Å². The van der Waals surface area contributed by atoms with Crippen molar-refractivity contribution in [2.24, 2.45) is 11.0 Å². The second kappa shape index (κ2) is 6.93. The Morgan fingerprint density at radius 2 is 2.07 bits per heavy atom.